The lowest BCUT2D eigenvalue weighted by atomic mass is 9.94. The van der Waals surface area contributed by atoms with Crippen molar-refractivity contribution in [3.8, 4) is 0 Å². The molecule has 1 aromatic rings. The van der Waals surface area contributed by atoms with Crippen LogP contribution in [-0.4, -0.2) is 47.4 Å². The Morgan fingerprint density at radius 3 is 2.58 bits per heavy atom. The average Bonchev–Trinajstić information content (AvgIpc) is 3.03. The zero-order valence-corrected chi connectivity index (χ0v) is 15.9. The summed E-state index contributed by atoms with van der Waals surface area (Å²) in [6.07, 6.45) is 2.19. The van der Waals surface area contributed by atoms with E-state index in [-0.39, 0.29) is 29.1 Å². The topological polar surface area (TPSA) is 99.9 Å². The Kier molecular flexibility index (Phi) is 6.10. The molecule has 1 aliphatic rings. The summed E-state index contributed by atoms with van der Waals surface area (Å²) in [5.41, 5.74) is -0.399. The van der Waals surface area contributed by atoms with Gasteiger partial charge in [0.05, 0.1) is 0 Å². The number of furan rings is 1. The summed E-state index contributed by atoms with van der Waals surface area (Å²) in [6.45, 7) is 9.03. The second-order valence-electron chi connectivity index (χ2n) is 7.83. The van der Waals surface area contributed by atoms with Gasteiger partial charge in [0.2, 0.25) is 5.91 Å². The van der Waals surface area contributed by atoms with Crippen LogP contribution in [0.25, 0.3) is 0 Å². The Balaban J connectivity index is 2.01. The van der Waals surface area contributed by atoms with Crippen LogP contribution in [-0.2, 0) is 11.2 Å². The van der Waals surface area contributed by atoms with E-state index in [0.717, 1.165) is 12.8 Å². The molecule has 0 saturated carbocycles. The first-order valence-corrected chi connectivity index (χ1v) is 9.07. The molecule has 26 heavy (non-hydrogen) atoms. The SMILES string of the molecule is CCc1oc(C(=O)N2CCCC(CNC(=O)C(C)(C)C)C2)cc1C(=O)O. The summed E-state index contributed by atoms with van der Waals surface area (Å²) in [4.78, 5) is 37.6. The van der Waals surface area contributed by atoms with Gasteiger partial charge in [-0.15, -0.1) is 0 Å². The number of likely N-dealkylation sites (tertiary alicyclic amines) is 1. The number of nitrogens with one attached hydrogen (secondary N) is 1. The molecular formula is C19H28N2O5. The predicted octanol–water partition coefficient (Wildman–Crippen LogP) is 2.55. The normalized spacial score (nSPS) is 17.8. The lowest BCUT2D eigenvalue weighted by molar-refractivity contribution is -0.128. The van der Waals surface area contributed by atoms with Crippen molar-refractivity contribution in [2.24, 2.45) is 11.3 Å². The minimum absolute atomic E-state index is 0.00864. The second-order valence-corrected chi connectivity index (χ2v) is 7.83. The van der Waals surface area contributed by atoms with Gasteiger partial charge in [0.1, 0.15) is 11.3 Å². The van der Waals surface area contributed by atoms with Gasteiger partial charge in [-0.1, -0.05) is 27.7 Å². The summed E-state index contributed by atoms with van der Waals surface area (Å²) < 4.78 is 5.48. The van der Waals surface area contributed by atoms with Gasteiger partial charge in [-0.2, -0.15) is 0 Å². The number of carbonyl (C=O) groups excluding carboxylic acids is 2. The van der Waals surface area contributed by atoms with Crippen molar-refractivity contribution in [2.45, 2.75) is 47.0 Å². The quantitative estimate of drug-likeness (QED) is 0.836. The number of hydrogen-bond acceptors (Lipinski definition) is 4. The Morgan fingerprint density at radius 1 is 1.35 bits per heavy atom. The van der Waals surface area contributed by atoms with Gasteiger partial charge in [-0.05, 0) is 18.8 Å². The molecule has 2 N–H and O–H groups in total. The van der Waals surface area contributed by atoms with Gasteiger partial charge >= 0.3 is 5.97 Å². The number of carboxylic acid groups (broad SMARTS) is 1. The summed E-state index contributed by atoms with van der Waals surface area (Å²) in [5.74, 6) is -0.834. The van der Waals surface area contributed by atoms with Gasteiger partial charge in [-0.3, -0.25) is 9.59 Å². The van der Waals surface area contributed by atoms with E-state index < -0.39 is 11.4 Å². The lowest BCUT2D eigenvalue weighted by Gasteiger charge is -2.33. The molecule has 1 saturated heterocycles. The molecule has 1 aromatic heterocycles. The molecule has 0 spiro atoms. The van der Waals surface area contributed by atoms with Gasteiger partial charge in [-0.25, -0.2) is 4.79 Å². The highest BCUT2D eigenvalue weighted by molar-refractivity contribution is 5.96. The molecule has 144 valence electrons. The third-order valence-electron chi connectivity index (χ3n) is 4.61. The minimum Gasteiger partial charge on any atom is -0.478 e. The van der Waals surface area contributed by atoms with E-state index in [1.165, 1.54) is 6.07 Å². The Morgan fingerprint density at radius 2 is 2.04 bits per heavy atom. The summed E-state index contributed by atoms with van der Waals surface area (Å²) in [7, 11) is 0. The van der Waals surface area contributed by atoms with Crippen LogP contribution in [0.15, 0.2) is 10.5 Å². The highest BCUT2D eigenvalue weighted by Gasteiger charge is 2.29. The predicted molar refractivity (Wildman–Crippen MR) is 96.1 cm³/mol. The van der Waals surface area contributed by atoms with E-state index >= 15 is 0 Å². The molecule has 7 nitrogen and oxygen atoms in total. The standard InChI is InChI=1S/C19H28N2O5/c1-5-14-13(17(23)24)9-15(26-14)16(22)21-8-6-7-12(11-21)10-20-18(25)19(2,3)4/h9,12H,5-8,10-11H2,1-4H3,(H,20,25)(H,23,24). The van der Waals surface area contributed by atoms with Crippen molar-refractivity contribution in [2.75, 3.05) is 19.6 Å². The fourth-order valence-corrected chi connectivity index (χ4v) is 3.05. The molecule has 0 radical (unpaired) electrons. The molecule has 0 aromatic carbocycles. The minimum atomic E-state index is -1.09. The number of piperidine rings is 1. The fourth-order valence-electron chi connectivity index (χ4n) is 3.05. The largest absolute Gasteiger partial charge is 0.478 e. The Bertz CT molecular complexity index is 687. The lowest BCUT2D eigenvalue weighted by Crippen LogP contribution is -2.45. The van der Waals surface area contributed by atoms with Crippen molar-refractivity contribution in [1.82, 2.24) is 10.2 Å². The molecule has 2 amide bonds. The first-order chi connectivity index (χ1) is 12.1. The van der Waals surface area contributed by atoms with E-state index in [0.29, 0.717) is 31.8 Å². The first kappa shape index (κ1) is 20.0. The van der Waals surface area contributed by atoms with Crippen LogP contribution >= 0.6 is 0 Å². The average molecular weight is 364 g/mol. The number of amides is 2. The Labute approximate surface area is 153 Å². The highest BCUT2D eigenvalue weighted by Crippen LogP contribution is 2.22. The van der Waals surface area contributed by atoms with E-state index in [1.54, 1.807) is 11.8 Å². The van der Waals surface area contributed by atoms with Gasteiger partial charge in [0.15, 0.2) is 5.76 Å². The van der Waals surface area contributed by atoms with E-state index in [1.807, 2.05) is 20.8 Å². The van der Waals surface area contributed by atoms with E-state index in [9.17, 15) is 19.5 Å². The van der Waals surface area contributed by atoms with Crippen molar-refractivity contribution in [3.05, 3.63) is 23.2 Å². The number of nitrogens with zero attached hydrogens (tertiary/aromatic N) is 1. The molecular weight excluding hydrogens is 336 g/mol. The molecule has 1 aliphatic heterocycles. The Hall–Kier alpha value is -2.31. The van der Waals surface area contributed by atoms with Crippen LogP contribution in [0.3, 0.4) is 0 Å². The third-order valence-corrected chi connectivity index (χ3v) is 4.61. The van der Waals surface area contributed by atoms with Crippen LogP contribution < -0.4 is 5.32 Å². The maximum absolute atomic E-state index is 12.7. The number of carbonyl (C=O) groups is 3. The molecule has 2 rings (SSSR count). The van der Waals surface area contributed by atoms with Crippen LogP contribution in [0, 0.1) is 11.3 Å². The number of aryl methyl sites for hydroxylation is 1. The number of carboxylic acids is 1. The molecule has 1 atom stereocenters. The zero-order chi connectivity index (χ0) is 19.5. The summed E-state index contributed by atoms with van der Waals surface area (Å²) in [6, 6.07) is 1.31. The molecule has 0 bridgehead atoms. The van der Waals surface area contributed by atoms with Crippen LogP contribution in [0.4, 0.5) is 0 Å². The van der Waals surface area contributed by atoms with Gasteiger partial charge < -0.3 is 19.7 Å². The maximum Gasteiger partial charge on any atom is 0.339 e. The van der Waals surface area contributed by atoms with Gasteiger partial charge in [0.25, 0.3) is 5.91 Å². The first-order valence-electron chi connectivity index (χ1n) is 9.07. The van der Waals surface area contributed by atoms with Crippen molar-refractivity contribution in [1.29, 1.82) is 0 Å². The zero-order valence-electron chi connectivity index (χ0n) is 15.9. The number of rotatable bonds is 5. The molecule has 2 heterocycles. The molecule has 1 fully saturated rings. The molecule has 0 aliphatic carbocycles. The van der Waals surface area contributed by atoms with Crippen LogP contribution in [0.2, 0.25) is 0 Å². The van der Waals surface area contributed by atoms with E-state index in [2.05, 4.69) is 5.32 Å². The monoisotopic (exact) mass is 364 g/mol. The summed E-state index contributed by atoms with van der Waals surface area (Å²) in [5, 5.41) is 12.2. The van der Waals surface area contributed by atoms with Crippen LogP contribution in [0.5, 0.6) is 0 Å². The molecule has 1 unspecified atom stereocenters. The smallest absolute Gasteiger partial charge is 0.339 e. The second kappa shape index (κ2) is 7.93. The highest BCUT2D eigenvalue weighted by atomic mass is 16.4. The van der Waals surface area contributed by atoms with Crippen molar-refractivity contribution < 1.29 is 23.9 Å². The van der Waals surface area contributed by atoms with Crippen LogP contribution in [0.1, 0.15) is 67.2 Å². The van der Waals surface area contributed by atoms with Crippen molar-refractivity contribution >= 4 is 17.8 Å². The van der Waals surface area contributed by atoms with E-state index in [4.69, 9.17) is 4.42 Å². The fraction of sp³-hybridized carbons (Fsp3) is 0.632. The van der Waals surface area contributed by atoms with Crippen molar-refractivity contribution in [3.63, 3.8) is 0 Å². The number of hydrogen-bond donors (Lipinski definition) is 2. The number of aromatic carboxylic acids is 1. The molecule has 7 heteroatoms. The van der Waals surface area contributed by atoms with Gasteiger partial charge in [0, 0.05) is 37.5 Å². The summed E-state index contributed by atoms with van der Waals surface area (Å²) >= 11 is 0. The maximum atomic E-state index is 12.7. The third kappa shape index (κ3) is 4.65.